The van der Waals surface area contributed by atoms with Crippen LogP contribution in [0.5, 0.6) is 0 Å². The van der Waals surface area contributed by atoms with Crippen LogP contribution in [0.25, 0.3) is 32.0 Å². The van der Waals surface area contributed by atoms with Gasteiger partial charge >= 0.3 is 17.8 Å². The summed E-state index contributed by atoms with van der Waals surface area (Å²) in [5.74, 6) is -15.7. The molecule has 0 atom stereocenters. The second-order valence-electron chi connectivity index (χ2n) is 8.37. The van der Waals surface area contributed by atoms with Gasteiger partial charge in [0.2, 0.25) is 0 Å². The summed E-state index contributed by atoms with van der Waals surface area (Å²) < 4.78 is 90.6. The zero-order chi connectivity index (χ0) is 25.2. The molecule has 1 aliphatic rings. The molecule has 2 heterocycles. The lowest BCUT2D eigenvalue weighted by atomic mass is 9.94. The van der Waals surface area contributed by atoms with Crippen LogP contribution in [0, 0.1) is 13.8 Å². The smallest absolute Gasteiger partial charge is 0.194 e. The summed E-state index contributed by atoms with van der Waals surface area (Å²) in [5.41, 5.74) is -1.79. The fraction of sp³-hybridized carbons (Fsp3) is 0.185. The minimum absolute atomic E-state index is 0.265. The van der Waals surface area contributed by atoms with Crippen molar-refractivity contribution in [2.45, 2.75) is 31.6 Å². The molecule has 0 aliphatic heterocycles. The largest absolute Gasteiger partial charge is 0.380 e. The van der Waals surface area contributed by atoms with E-state index in [1.807, 2.05) is 0 Å². The monoisotopic (exact) mass is 520 g/mol. The number of allylic oxidation sites excluding steroid dienone is 2. The van der Waals surface area contributed by atoms with E-state index in [0.29, 0.717) is 20.9 Å². The maximum absolute atomic E-state index is 15.3. The quantitative estimate of drug-likeness (QED) is 0.235. The Morgan fingerprint density at radius 2 is 0.886 bits per heavy atom. The molecule has 180 valence electrons. The second kappa shape index (κ2) is 8.10. The van der Waals surface area contributed by atoms with Gasteiger partial charge in [-0.1, -0.05) is 60.7 Å². The summed E-state index contributed by atoms with van der Waals surface area (Å²) in [6.07, 6.45) is 0. The molecule has 0 fully saturated rings. The van der Waals surface area contributed by atoms with E-state index in [1.54, 1.807) is 60.7 Å². The average Bonchev–Trinajstić information content (AvgIpc) is 3.42. The van der Waals surface area contributed by atoms with Crippen molar-refractivity contribution in [3.63, 3.8) is 0 Å². The van der Waals surface area contributed by atoms with Gasteiger partial charge in [0, 0.05) is 30.7 Å². The number of rotatable bonds is 4. The van der Waals surface area contributed by atoms with Crippen LogP contribution in [-0.4, -0.2) is 17.8 Å². The third-order valence-electron chi connectivity index (χ3n) is 6.16. The van der Waals surface area contributed by atoms with E-state index >= 15 is 17.6 Å². The zero-order valence-electron chi connectivity index (χ0n) is 18.5. The summed E-state index contributed by atoms with van der Waals surface area (Å²) >= 11 is 2.21. The first kappa shape index (κ1) is 23.9. The number of thiophene rings is 2. The molecule has 2 aromatic heterocycles. The van der Waals surface area contributed by atoms with Gasteiger partial charge in [0.05, 0.1) is 0 Å². The molecule has 0 spiro atoms. The van der Waals surface area contributed by atoms with Crippen molar-refractivity contribution < 1.29 is 26.3 Å². The maximum Gasteiger partial charge on any atom is 0.380 e. The van der Waals surface area contributed by atoms with Crippen LogP contribution in [0.1, 0.15) is 20.9 Å². The molecular formula is C27H18F6S2. The number of alkyl halides is 6. The molecule has 0 bridgehead atoms. The first-order valence-corrected chi connectivity index (χ1v) is 12.3. The van der Waals surface area contributed by atoms with Crippen molar-refractivity contribution >= 4 is 33.8 Å². The van der Waals surface area contributed by atoms with Crippen molar-refractivity contribution in [3.05, 3.63) is 93.7 Å². The van der Waals surface area contributed by atoms with Gasteiger partial charge in [-0.2, -0.15) is 26.3 Å². The van der Waals surface area contributed by atoms with Gasteiger partial charge < -0.3 is 0 Å². The molecule has 0 unspecified atom stereocenters. The lowest BCUT2D eigenvalue weighted by Crippen LogP contribution is -2.48. The number of hydrogen-bond acceptors (Lipinski definition) is 2. The molecule has 0 saturated heterocycles. The fourth-order valence-electron chi connectivity index (χ4n) is 4.38. The molecule has 0 nitrogen and oxygen atoms in total. The lowest BCUT2D eigenvalue weighted by Gasteiger charge is -2.25. The summed E-state index contributed by atoms with van der Waals surface area (Å²) in [5, 5.41) is 0. The lowest BCUT2D eigenvalue weighted by molar-refractivity contribution is -0.254. The number of hydrogen-bond donors (Lipinski definition) is 0. The Labute approximate surface area is 206 Å². The van der Waals surface area contributed by atoms with E-state index in [9.17, 15) is 8.78 Å². The first-order valence-electron chi connectivity index (χ1n) is 10.7. The van der Waals surface area contributed by atoms with E-state index in [-0.39, 0.29) is 20.9 Å². The second-order valence-corrected chi connectivity index (χ2v) is 10.9. The van der Waals surface area contributed by atoms with Gasteiger partial charge in [0.1, 0.15) is 0 Å². The first-order chi connectivity index (χ1) is 16.5. The van der Waals surface area contributed by atoms with Crippen LogP contribution < -0.4 is 0 Å². The highest BCUT2D eigenvalue weighted by molar-refractivity contribution is 7.16. The molecule has 35 heavy (non-hydrogen) atoms. The molecule has 1 aliphatic carbocycles. The topological polar surface area (TPSA) is 0 Å². The maximum atomic E-state index is 15.3. The predicted octanol–water partition coefficient (Wildman–Crippen LogP) is 9.59. The Hall–Kier alpha value is -2.84. The van der Waals surface area contributed by atoms with Crippen LogP contribution >= 0.6 is 22.7 Å². The van der Waals surface area contributed by atoms with Gasteiger partial charge in [0.25, 0.3) is 0 Å². The van der Waals surface area contributed by atoms with Crippen molar-refractivity contribution in [2.75, 3.05) is 0 Å². The van der Waals surface area contributed by atoms with Gasteiger partial charge in [-0.3, -0.25) is 0 Å². The van der Waals surface area contributed by atoms with E-state index < -0.39 is 28.9 Å². The van der Waals surface area contributed by atoms with E-state index in [1.165, 1.54) is 26.0 Å². The number of benzene rings is 2. The van der Waals surface area contributed by atoms with Crippen LogP contribution in [-0.2, 0) is 0 Å². The van der Waals surface area contributed by atoms with Gasteiger partial charge in [-0.25, -0.2) is 0 Å². The fourth-order valence-corrected chi connectivity index (χ4v) is 6.45. The number of aryl methyl sites for hydroxylation is 2. The highest BCUT2D eigenvalue weighted by Crippen LogP contribution is 2.66. The summed E-state index contributed by atoms with van der Waals surface area (Å²) in [7, 11) is 0. The Morgan fingerprint density at radius 1 is 0.543 bits per heavy atom. The Bertz CT molecular complexity index is 1320. The van der Waals surface area contributed by atoms with Crippen LogP contribution in [0.4, 0.5) is 26.3 Å². The predicted molar refractivity (Wildman–Crippen MR) is 131 cm³/mol. The third kappa shape index (κ3) is 3.49. The van der Waals surface area contributed by atoms with Crippen LogP contribution in [0.3, 0.4) is 0 Å². The normalized spacial score (nSPS) is 18.3. The Balaban J connectivity index is 1.78. The minimum atomic E-state index is -5.58. The highest BCUT2D eigenvalue weighted by atomic mass is 32.1. The molecule has 0 radical (unpaired) electrons. The molecule has 0 saturated carbocycles. The molecule has 8 heteroatoms. The van der Waals surface area contributed by atoms with E-state index in [4.69, 9.17) is 0 Å². The molecule has 5 rings (SSSR count). The molecule has 4 aromatic rings. The van der Waals surface area contributed by atoms with E-state index in [2.05, 4.69) is 0 Å². The summed E-state index contributed by atoms with van der Waals surface area (Å²) in [6, 6.07) is 20.2. The van der Waals surface area contributed by atoms with Crippen molar-refractivity contribution in [3.8, 4) is 20.9 Å². The molecule has 0 amide bonds. The summed E-state index contributed by atoms with van der Waals surface area (Å²) in [6.45, 7) is 2.97. The SMILES string of the molecule is Cc1sc(-c2ccccc2)cc1C1=C(c2cc(-c3ccccc3)sc2C)C(F)(F)C(F)(F)C1(F)F. The van der Waals surface area contributed by atoms with E-state index in [0.717, 1.165) is 22.7 Å². The van der Waals surface area contributed by atoms with Gasteiger partial charge in [-0.15, -0.1) is 22.7 Å². The minimum Gasteiger partial charge on any atom is -0.194 e. The standard InChI is InChI=1S/C27H18F6S2/c1-15-19(13-21(34-15)17-9-5-3-6-10-17)23-24(26(30,31)27(32,33)25(23,28)29)20-14-22(35-16(20)2)18-11-7-4-8-12-18/h3-14H,1-2H3. The molecule has 2 aromatic carbocycles. The van der Waals surface area contributed by atoms with Crippen molar-refractivity contribution in [2.24, 2.45) is 0 Å². The summed E-state index contributed by atoms with van der Waals surface area (Å²) in [4.78, 5) is 1.60. The van der Waals surface area contributed by atoms with Crippen molar-refractivity contribution in [1.82, 2.24) is 0 Å². The van der Waals surface area contributed by atoms with Gasteiger partial charge in [0.15, 0.2) is 0 Å². The average molecular weight is 521 g/mol. The molecular weight excluding hydrogens is 502 g/mol. The molecule has 0 N–H and O–H groups in total. The van der Waals surface area contributed by atoms with Crippen LogP contribution in [0.2, 0.25) is 0 Å². The zero-order valence-corrected chi connectivity index (χ0v) is 20.1. The Kier molecular flexibility index (Phi) is 5.53. The highest BCUT2D eigenvalue weighted by Gasteiger charge is 2.80. The third-order valence-corrected chi connectivity index (χ3v) is 8.36. The van der Waals surface area contributed by atoms with Crippen LogP contribution in [0.15, 0.2) is 72.8 Å². The number of halogens is 6. The van der Waals surface area contributed by atoms with Crippen molar-refractivity contribution in [1.29, 1.82) is 0 Å². The van der Waals surface area contributed by atoms with Gasteiger partial charge in [-0.05, 0) is 48.2 Å². The Morgan fingerprint density at radius 3 is 1.23 bits per heavy atom.